The molecule has 0 bridgehead atoms. The molecule has 11 aromatic rings. The summed E-state index contributed by atoms with van der Waals surface area (Å²) in [6.07, 6.45) is 0. The Morgan fingerprint density at radius 1 is 0.351 bits per heavy atom. The topological polar surface area (TPSA) is 23.0 Å². The standard InChI is InChI=1S/C54H34N2O/c1-3-15-33(16-4-1)49-37-19-7-9-21-39(37)53-51(49)41-23-11-13-25-45(41)55(53)35-27-29-47-43(31-35)44-32-36(28-30-48(44)57-47)56-46-26-14-12-24-42(46)52-50(34-17-5-2-6-18-34)38-20-8-10-22-40(38)54(52)56/h1-32,49-50H. The molecule has 0 saturated heterocycles. The molecule has 0 aliphatic heterocycles. The highest BCUT2D eigenvalue weighted by Crippen LogP contribution is 2.55. The van der Waals surface area contributed by atoms with Crippen LogP contribution >= 0.6 is 0 Å². The van der Waals surface area contributed by atoms with Crippen LogP contribution in [0.3, 0.4) is 0 Å². The number of para-hydroxylation sites is 2. The molecule has 0 saturated carbocycles. The van der Waals surface area contributed by atoms with Gasteiger partial charge in [-0.3, -0.25) is 0 Å². The van der Waals surface area contributed by atoms with Crippen LogP contribution in [0.5, 0.6) is 0 Å². The molecule has 0 amide bonds. The maximum atomic E-state index is 6.60. The zero-order chi connectivity index (χ0) is 37.2. The van der Waals surface area contributed by atoms with Crippen LogP contribution in [-0.2, 0) is 0 Å². The fourth-order valence-electron chi connectivity index (χ4n) is 10.4. The maximum absolute atomic E-state index is 6.60. The molecule has 13 rings (SSSR count). The lowest BCUT2D eigenvalue weighted by molar-refractivity contribution is 0.669. The van der Waals surface area contributed by atoms with Gasteiger partial charge in [0.25, 0.3) is 0 Å². The van der Waals surface area contributed by atoms with E-state index in [1.54, 1.807) is 0 Å². The van der Waals surface area contributed by atoms with Crippen molar-refractivity contribution in [3.8, 4) is 33.9 Å². The van der Waals surface area contributed by atoms with E-state index < -0.39 is 0 Å². The molecule has 3 heterocycles. The lowest BCUT2D eigenvalue weighted by Crippen LogP contribution is -1.98. The van der Waals surface area contributed by atoms with Crippen molar-refractivity contribution in [3.63, 3.8) is 0 Å². The lowest BCUT2D eigenvalue weighted by Gasteiger charge is -2.15. The average Bonchev–Trinajstić information content (AvgIpc) is 4.06. The van der Waals surface area contributed by atoms with Crippen molar-refractivity contribution in [2.45, 2.75) is 11.8 Å². The summed E-state index contributed by atoms with van der Waals surface area (Å²) in [5.41, 5.74) is 19.7. The van der Waals surface area contributed by atoms with Gasteiger partial charge in [-0.2, -0.15) is 0 Å². The van der Waals surface area contributed by atoms with E-state index >= 15 is 0 Å². The Morgan fingerprint density at radius 3 is 1.23 bits per heavy atom. The first-order chi connectivity index (χ1) is 28.3. The van der Waals surface area contributed by atoms with Gasteiger partial charge in [0.15, 0.2) is 0 Å². The summed E-state index contributed by atoms with van der Waals surface area (Å²) in [5.74, 6) is 0.323. The van der Waals surface area contributed by atoms with Gasteiger partial charge in [-0.15, -0.1) is 0 Å². The molecule has 2 aliphatic rings. The SMILES string of the molecule is c1ccc(C2c3ccccc3-c3c2c2ccccc2n3-c2ccc3oc4ccc(-n5c6c(c7ccccc75)C(c5ccccc5)c5ccccc5-6)cc4c3c2)cc1. The molecule has 0 fully saturated rings. The number of benzene rings is 8. The summed E-state index contributed by atoms with van der Waals surface area (Å²) in [6, 6.07) is 71.1. The van der Waals surface area contributed by atoms with Crippen molar-refractivity contribution in [2.75, 3.05) is 0 Å². The van der Waals surface area contributed by atoms with Crippen molar-refractivity contribution in [1.29, 1.82) is 0 Å². The maximum Gasteiger partial charge on any atom is 0.135 e. The van der Waals surface area contributed by atoms with Crippen LogP contribution in [-0.4, -0.2) is 9.13 Å². The summed E-state index contributed by atoms with van der Waals surface area (Å²) in [4.78, 5) is 0. The highest BCUT2D eigenvalue weighted by atomic mass is 16.3. The van der Waals surface area contributed by atoms with Gasteiger partial charge in [0.1, 0.15) is 11.2 Å². The monoisotopic (exact) mass is 726 g/mol. The molecule has 0 spiro atoms. The van der Waals surface area contributed by atoms with E-state index in [1.165, 1.54) is 77.7 Å². The van der Waals surface area contributed by atoms with Gasteiger partial charge in [0, 0.05) is 55.9 Å². The predicted molar refractivity (Wildman–Crippen MR) is 233 cm³/mol. The Morgan fingerprint density at radius 2 is 0.754 bits per heavy atom. The van der Waals surface area contributed by atoms with Crippen LogP contribution in [0, 0.1) is 0 Å². The zero-order valence-corrected chi connectivity index (χ0v) is 30.9. The molecule has 3 heteroatoms. The Kier molecular flexibility index (Phi) is 6.28. The van der Waals surface area contributed by atoms with Crippen molar-refractivity contribution < 1.29 is 4.42 Å². The molecule has 2 atom stereocenters. The summed E-state index contributed by atoms with van der Waals surface area (Å²) < 4.78 is 11.6. The molecule has 3 aromatic heterocycles. The van der Waals surface area contributed by atoms with Gasteiger partial charge in [0.05, 0.1) is 22.4 Å². The van der Waals surface area contributed by atoms with Gasteiger partial charge >= 0.3 is 0 Å². The van der Waals surface area contributed by atoms with Crippen molar-refractivity contribution in [3.05, 3.63) is 228 Å². The Balaban J connectivity index is 1.04. The largest absolute Gasteiger partial charge is 0.456 e. The molecule has 266 valence electrons. The highest BCUT2D eigenvalue weighted by molar-refractivity contribution is 6.08. The zero-order valence-electron chi connectivity index (χ0n) is 30.9. The Bertz CT molecular complexity index is 3190. The van der Waals surface area contributed by atoms with Crippen molar-refractivity contribution in [2.24, 2.45) is 0 Å². The smallest absolute Gasteiger partial charge is 0.135 e. The molecule has 3 nitrogen and oxygen atoms in total. The minimum Gasteiger partial charge on any atom is -0.456 e. The molecule has 0 N–H and O–H groups in total. The number of furan rings is 1. The molecular formula is C54H34N2O. The van der Waals surface area contributed by atoms with Gasteiger partial charge in [-0.25, -0.2) is 0 Å². The van der Waals surface area contributed by atoms with Crippen molar-refractivity contribution in [1.82, 2.24) is 9.13 Å². The first-order valence-electron chi connectivity index (χ1n) is 19.8. The molecule has 2 unspecified atom stereocenters. The number of hydrogen-bond acceptors (Lipinski definition) is 1. The number of aromatic nitrogens is 2. The van der Waals surface area contributed by atoms with Crippen LogP contribution in [0.2, 0.25) is 0 Å². The molecule has 57 heavy (non-hydrogen) atoms. The lowest BCUT2D eigenvalue weighted by atomic mass is 9.88. The van der Waals surface area contributed by atoms with Crippen molar-refractivity contribution >= 4 is 43.7 Å². The average molecular weight is 727 g/mol. The van der Waals surface area contributed by atoms with Gasteiger partial charge in [0.2, 0.25) is 0 Å². The molecule has 8 aromatic carbocycles. The first kappa shape index (κ1) is 30.9. The second-order valence-corrected chi connectivity index (χ2v) is 15.6. The van der Waals surface area contributed by atoms with Gasteiger partial charge < -0.3 is 13.6 Å². The van der Waals surface area contributed by atoms with Gasteiger partial charge in [-0.1, -0.05) is 146 Å². The van der Waals surface area contributed by atoms with Crippen LogP contribution in [0.4, 0.5) is 0 Å². The third-order valence-corrected chi connectivity index (χ3v) is 12.7. The van der Waals surface area contributed by atoms with E-state index in [9.17, 15) is 0 Å². The summed E-state index contributed by atoms with van der Waals surface area (Å²) in [7, 11) is 0. The first-order valence-corrected chi connectivity index (χ1v) is 19.8. The van der Waals surface area contributed by atoms with Crippen LogP contribution in [0.1, 0.15) is 45.2 Å². The summed E-state index contributed by atoms with van der Waals surface area (Å²) >= 11 is 0. The third-order valence-electron chi connectivity index (χ3n) is 12.7. The minimum atomic E-state index is 0.161. The number of rotatable bonds is 4. The van der Waals surface area contributed by atoms with Crippen LogP contribution in [0.15, 0.2) is 199 Å². The predicted octanol–water partition coefficient (Wildman–Crippen LogP) is 13.8. The normalized spacial score (nSPS) is 15.4. The number of hydrogen-bond donors (Lipinski definition) is 0. The fourth-order valence-corrected chi connectivity index (χ4v) is 10.4. The second kappa shape index (κ2) is 11.6. The summed E-state index contributed by atoms with van der Waals surface area (Å²) in [6.45, 7) is 0. The quantitative estimate of drug-likeness (QED) is 0.177. The number of fused-ring (bicyclic) bond motifs is 13. The van der Waals surface area contributed by atoms with Crippen LogP contribution in [0.25, 0.3) is 77.6 Å². The van der Waals surface area contributed by atoms with E-state index in [-0.39, 0.29) is 11.8 Å². The van der Waals surface area contributed by atoms with E-state index in [2.05, 4.69) is 203 Å². The minimum absolute atomic E-state index is 0.161. The second-order valence-electron chi connectivity index (χ2n) is 15.6. The third kappa shape index (κ3) is 4.20. The fraction of sp³-hybridized carbons (Fsp3) is 0.0370. The number of nitrogens with zero attached hydrogens (tertiary/aromatic N) is 2. The molecule has 0 radical (unpaired) electrons. The van der Waals surface area contributed by atoms with E-state index in [0.717, 1.165) is 33.3 Å². The Labute approximate surface area is 329 Å². The van der Waals surface area contributed by atoms with E-state index in [4.69, 9.17) is 4.42 Å². The van der Waals surface area contributed by atoms with Crippen LogP contribution < -0.4 is 0 Å². The molecular weight excluding hydrogens is 693 g/mol. The highest BCUT2D eigenvalue weighted by Gasteiger charge is 2.37. The summed E-state index contributed by atoms with van der Waals surface area (Å²) in [5, 5.41) is 4.80. The van der Waals surface area contributed by atoms with Gasteiger partial charge in [-0.05, 0) is 81.9 Å². The molecule has 2 aliphatic carbocycles. The van der Waals surface area contributed by atoms with E-state index in [0.29, 0.717) is 0 Å². The van der Waals surface area contributed by atoms with E-state index in [1.807, 2.05) is 0 Å². The Hall–Kier alpha value is -7.36.